The number of methoxy groups -OCH3 is 4. The van der Waals surface area contributed by atoms with Crippen molar-refractivity contribution in [3.8, 4) is 0 Å². The van der Waals surface area contributed by atoms with E-state index in [1.165, 1.54) is 11.8 Å². The summed E-state index contributed by atoms with van der Waals surface area (Å²) in [5, 5.41) is 1.02. The molecular formula is C15H21N4NaO4S2. The molecule has 0 atom stereocenters. The van der Waals surface area contributed by atoms with E-state index < -0.39 is 12.6 Å². The van der Waals surface area contributed by atoms with Crippen LogP contribution in [0, 0.1) is 0 Å². The predicted molar refractivity (Wildman–Crippen MR) is 95.0 cm³/mol. The first-order valence-corrected chi connectivity index (χ1v) is 8.70. The Labute approximate surface area is 185 Å². The first-order valence-electron chi connectivity index (χ1n) is 7.07. The summed E-state index contributed by atoms with van der Waals surface area (Å²) in [5.74, 6) is 0. The fourth-order valence-corrected chi connectivity index (χ4v) is 2.27. The summed E-state index contributed by atoms with van der Waals surface area (Å²) < 4.78 is 20.1. The van der Waals surface area contributed by atoms with Crippen molar-refractivity contribution in [1.82, 2.24) is 19.9 Å². The van der Waals surface area contributed by atoms with Crippen LogP contribution in [-0.4, -0.2) is 54.6 Å². The van der Waals surface area contributed by atoms with Gasteiger partial charge in [0.15, 0.2) is 5.16 Å². The van der Waals surface area contributed by atoms with Gasteiger partial charge in [0.25, 0.3) is 0 Å². The number of ether oxygens (including phenoxy) is 4. The number of hydrogen-bond acceptors (Lipinski definition) is 10. The van der Waals surface area contributed by atoms with Crippen molar-refractivity contribution in [2.24, 2.45) is 0 Å². The van der Waals surface area contributed by atoms with Gasteiger partial charge in [0.2, 0.25) is 12.6 Å². The maximum absolute atomic E-state index is 5.06. The molecule has 0 N–H and O–H groups in total. The number of nitrogens with zero attached hydrogens (tertiary/aromatic N) is 4. The average Bonchev–Trinajstić information content (AvgIpc) is 2.65. The molecule has 0 amide bonds. The van der Waals surface area contributed by atoms with Crippen molar-refractivity contribution in [2.75, 3.05) is 34.7 Å². The van der Waals surface area contributed by atoms with Crippen molar-refractivity contribution in [1.29, 1.82) is 0 Å². The fraction of sp³-hybridized carbons (Fsp3) is 0.467. The average molecular weight is 408 g/mol. The molecule has 0 unspecified atom stereocenters. The molecule has 0 saturated heterocycles. The molecule has 0 aromatic carbocycles. The van der Waals surface area contributed by atoms with Crippen molar-refractivity contribution >= 4 is 24.4 Å². The van der Waals surface area contributed by atoms with E-state index in [0.717, 1.165) is 10.9 Å². The van der Waals surface area contributed by atoms with Crippen LogP contribution in [0.1, 0.15) is 24.0 Å². The van der Waals surface area contributed by atoms with Gasteiger partial charge in [-0.3, -0.25) is 9.97 Å². The van der Waals surface area contributed by atoms with Crippen LogP contribution in [0.3, 0.4) is 0 Å². The fourth-order valence-electron chi connectivity index (χ4n) is 1.74. The van der Waals surface area contributed by atoms with Crippen LogP contribution in [-0.2, 0) is 31.6 Å². The second-order valence-electron chi connectivity index (χ2n) is 4.34. The monoisotopic (exact) mass is 408 g/mol. The van der Waals surface area contributed by atoms with Crippen molar-refractivity contribution in [3.05, 3.63) is 35.9 Å². The second kappa shape index (κ2) is 14.6. The van der Waals surface area contributed by atoms with Crippen molar-refractivity contribution in [3.63, 3.8) is 0 Å². The van der Waals surface area contributed by atoms with Gasteiger partial charge in [-0.25, -0.2) is 9.97 Å². The molecule has 0 radical (unpaired) electrons. The Kier molecular flexibility index (Phi) is 14.4. The van der Waals surface area contributed by atoms with Crippen LogP contribution >= 0.6 is 11.8 Å². The second-order valence-corrected chi connectivity index (χ2v) is 5.48. The van der Waals surface area contributed by atoms with Gasteiger partial charge in [0.1, 0.15) is 5.69 Å². The van der Waals surface area contributed by atoms with E-state index in [4.69, 9.17) is 31.6 Å². The molecule has 2 rings (SSSR count). The van der Waals surface area contributed by atoms with Gasteiger partial charge in [0.05, 0.1) is 5.69 Å². The number of aromatic nitrogens is 4. The summed E-state index contributed by atoms with van der Waals surface area (Å²) in [4.78, 5) is 16.0. The quantitative estimate of drug-likeness (QED) is 0.190. The first kappa shape index (κ1) is 25.6. The predicted octanol–water partition coefficient (Wildman–Crippen LogP) is -0.832. The maximum atomic E-state index is 5.06. The molecule has 26 heavy (non-hydrogen) atoms. The molecule has 0 aliphatic rings. The van der Waals surface area contributed by atoms with E-state index in [0.29, 0.717) is 10.9 Å². The summed E-state index contributed by atoms with van der Waals surface area (Å²) in [5.41, 5.74) is 1.38. The Morgan fingerprint density at radius 3 is 1.73 bits per heavy atom. The SMILES string of the molecule is COC(OC)c1ccnc(SC)n1.COC(OC)c1ccnc([S-])n1.[Na+]. The molecule has 0 fully saturated rings. The molecule has 2 aromatic rings. The van der Waals surface area contributed by atoms with E-state index in [1.54, 1.807) is 53.0 Å². The summed E-state index contributed by atoms with van der Waals surface area (Å²) in [6.07, 6.45) is 4.33. The summed E-state index contributed by atoms with van der Waals surface area (Å²) in [6, 6.07) is 3.48. The van der Waals surface area contributed by atoms with Gasteiger partial charge in [-0.2, -0.15) is 0 Å². The third-order valence-electron chi connectivity index (χ3n) is 2.83. The Morgan fingerprint density at radius 1 is 0.846 bits per heavy atom. The Balaban J connectivity index is 0.000000464. The Morgan fingerprint density at radius 2 is 1.31 bits per heavy atom. The summed E-state index contributed by atoms with van der Waals surface area (Å²) in [6.45, 7) is 0. The van der Waals surface area contributed by atoms with E-state index in [-0.39, 0.29) is 29.6 Å². The van der Waals surface area contributed by atoms with Gasteiger partial charge in [-0.1, -0.05) is 11.8 Å². The maximum Gasteiger partial charge on any atom is 1.00 e. The number of rotatable bonds is 7. The Bertz CT molecular complexity index is 634. The zero-order valence-corrected chi connectivity index (χ0v) is 19.3. The van der Waals surface area contributed by atoms with Gasteiger partial charge in [-0.15, -0.1) is 0 Å². The van der Waals surface area contributed by atoms with Crippen molar-refractivity contribution in [2.45, 2.75) is 22.9 Å². The molecule has 138 valence electrons. The Hall–Kier alpha value is -0.430. The standard InChI is InChI=1S/C8H12N2O2S.C7H10N2O2S.Na/c1-11-7(12-2)6-4-5-9-8(10-6)13-3;1-10-6(11-2)5-3-4-8-7(12)9-5;/h4-5,7H,1-3H3;3-4,6H,1-2H3,(H,8,9,12);/q;;+1/p-1. The molecule has 0 bridgehead atoms. The topological polar surface area (TPSA) is 88.5 Å². The molecule has 11 heteroatoms. The zero-order valence-electron chi connectivity index (χ0n) is 15.7. The normalized spacial score (nSPS) is 10.3. The third kappa shape index (κ3) is 8.51. The van der Waals surface area contributed by atoms with Gasteiger partial charge in [0, 0.05) is 46.0 Å². The van der Waals surface area contributed by atoms with E-state index >= 15 is 0 Å². The van der Waals surface area contributed by atoms with Crippen LogP contribution in [0.25, 0.3) is 0 Å². The van der Waals surface area contributed by atoms with Crippen molar-refractivity contribution < 1.29 is 48.5 Å². The minimum Gasteiger partial charge on any atom is -0.740 e. The van der Waals surface area contributed by atoms with Crippen LogP contribution in [0.15, 0.2) is 34.8 Å². The number of hydrogen-bond donors (Lipinski definition) is 0. The summed E-state index contributed by atoms with van der Waals surface area (Å²) >= 11 is 6.27. The van der Waals surface area contributed by atoms with Gasteiger partial charge in [-0.05, 0) is 18.4 Å². The summed E-state index contributed by atoms with van der Waals surface area (Å²) in [7, 11) is 6.24. The molecule has 0 aliphatic carbocycles. The molecule has 8 nitrogen and oxygen atoms in total. The molecule has 0 saturated carbocycles. The molecule has 0 spiro atoms. The van der Waals surface area contributed by atoms with E-state index in [2.05, 4.69) is 19.9 Å². The van der Waals surface area contributed by atoms with Gasteiger partial charge >= 0.3 is 29.6 Å². The van der Waals surface area contributed by atoms with Crippen LogP contribution in [0.4, 0.5) is 0 Å². The van der Waals surface area contributed by atoms with Crippen LogP contribution in [0.5, 0.6) is 0 Å². The van der Waals surface area contributed by atoms with E-state index in [9.17, 15) is 0 Å². The van der Waals surface area contributed by atoms with Gasteiger partial charge < -0.3 is 31.6 Å². The largest absolute Gasteiger partial charge is 1.00 e. The zero-order chi connectivity index (χ0) is 18.7. The van der Waals surface area contributed by atoms with Crippen LogP contribution < -0.4 is 29.6 Å². The third-order valence-corrected chi connectivity index (χ3v) is 3.59. The first-order chi connectivity index (χ1) is 12.1. The molecule has 2 heterocycles. The number of thioether (sulfide) groups is 1. The van der Waals surface area contributed by atoms with E-state index in [1.807, 2.05) is 6.26 Å². The minimum absolute atomic E-state index is 0. The van der Waals surface area contributed by atoms with Crippen LogP contribution in [0.2, 0.25) is 0 Å². The molecular weight excluding hydrogens is 387 g/mol. The smallest absolute Gasteiger partial charge is 0.740 e. The minimum atomic E-state index is -0.463. The molecule has 0 aliphatic heterocycles. The molecule has 2 aromatic heterocycles.